The van der Waals surface area contributed by atoms with Gasteiger partial charge >= 0.3 is 5.97 Å². The highest BCUT2D eigenvalue weighted by Crippen LogP contribution is 2.53. The van der Waals surface area contributed by atoms with E-state index in [0.717, 1.165) is 18.5 Å². The molecular weight excluding hydrogens is 326 g/mol. The van der Waals surface area contributed by atoms with Gasteiger partial charge in [0.2, 0.25) is 12.5 Å². The molecule has 7 nitrogen and oxygen atoms in total. The normalized spacial score (nSPS) is 32.4. The van der Waals surface area contributed by atoms with Gasteiger partial charge in [0.15, 0.2) is 11.5 Å². The van der Waals surface area contributed by atoms with E-state index in [2.05, 4.69) is 11.9 Å². The van der Waals surface area contributed by atoms with Crippen LogP contribution in [-0.4, -0.2) is 61.7 Å². The smallest absolute Gasteiger partial charge is 0.342 e. The van der Waals surface area contributed by atoms with E-state index < -0.39 is 18.2 Å². The molecule has 0 saturated carbocycles. The van der Waals surface area contributed by atoms with E-state index in [1.807, 2.05) is 12.1 Å². The zero-order valence-corrected chi connectivity index (χ0v) is 14.0. The SMILES string of the molecule is COc1c2c(cc3c1C(=O)O[C@H]1[C@@H]3[C@H]3C(=C[C@@H]1O)CCN3C)OCO2. The van der Waals surface area contributed by atoms with Gasteiger partial charge in [-0.15, -0.1) is 0 Å². The number of likely N-dealkylation sites (tertiary alicyclic amines) is 1. The van der Waals surface area contributed by atoms with E-state index in [-0.39, 0.29) is 18.8 Å². The predicted molar refractivity (Wildman–Crippen MR) is 86.2 cm³/mol. The summed E-state index contributed by atoms with van der Waals surface area (Å²) in [7, 11) is 3.56. The Kier molecular flexibility index (Phi) is 3.08. The van der Waals surface area contributed by atoms with Crippen LogP contribution in [0.3, 0.4) is 0 Å². The van der Waals surface area contributed by atoms with Gasteiger partial charge in [0.05, 0.1) is 7.11 Å². The zero-order valence-electron chi connectivity index (χ0n) is 14.0. The van der Waals surface area contributed by atoms with Crippen LogP contribution < -0.4 is 14.2 Å². The number of aliphatic hydroxyl groups is 1. The Bertz CT molecular complexity index is 803. The van der Waals surface area contributed by atoms with Crippen molar-refractivity contribution in [3.05, 3.63) is 28.8 Å². The topological polar surface area (TPSA) is 77.5 Å². The van der Waals surface area contributed by atoms with Crippen molar-refractivity contribution in [1.29, 1.82) is 0 Å². The third kappa shape index (κ3) is 1.90. The number of likely N-dealkylation sites (N-methyl/N-ethyl adjacent to an activating group) is 1. The van der Waals surface area contributed by atoms with Gasteiger partial charge in [-0.25, -0.2) is 4.79 Å². The van der Waals surface area contributed by atoms with E-state index in [4.69, 9.17) is 18.9 Å². The third-order valence-corrected chi connectivity index (χ3v) is 5.68. The van der Waals surface area contributed by atoms with Crippen LogP contribution >= 0.6 is 0 Å². The van der Waals surface area contributed by atoms with Crippen molar-refractivity contribution in [3.8, 4) is 17.2 Å². The van der Waals surface area contributed by atoms with Crippen molar-refractivity contribution in [2.75, 3.05) is 27.5 Å². The molecule has 4 atom stereocenters. The number of nitrogens with zero attached hydrogens (tertiary/aromatic N) is 1. The van der Waals surface area contributed by atoms with Crippen molar-refractivity contribution in [3.63, 3.8) is 0 Å². The number of ether oxygens (including phenoxy) is 4. The molecule has 0 spiro atoms. The number of fused-ring (bicyclic) bond motifs is 6. The first-order valence-corrected chi connectivity index (χ1v) is 8.40. The molecule has 1 N–H and O–H groups in total. The second kappa shape index (κ2) is 5.12. The molecule has 0 bridgehead atoms. The molecule has 4 aliphatic rings. The van der Waals surface area contributed by atoms with Gasteiger partial charge in [-0.3, -0.25) is 4.90 Å². The van der Waals surface area contributed by atoms with Crippen molar-refractivity contribution >= 4 is 5.97 Å². The average molecular weight is 345 g/mol. The van der Waals surface area contributed by atoms with Crippen molar-refractivity contribution < 1.29 is 28.8 Å². The molecule has 1 saturated heterocycles. The molecule has 25 heavy (non-hydrogen) atoms. The summed E-state index contributed by atoms with van der Waals surface area (Å²) in [5.74, 6) is 0.681. The zero-order chi connectivity index (χ0) is 17.3. The lowest BCUT2D eigenvalue weighted by Gasteiger charge is -2.43. The largest absolute Gasteiger partial charge is 0.492 e. The second-order valence-corrected chi connectivity index (χ2v) is 6.91. The van der Waals surface area contributed by atoms with Gasteiger partial charge in [-0.05, 0) is 25.1 Å². The van der Waals surface area contributed by atoms with Crippen LogP contribution in [0.15, 0.2) is 17.7 Å². The molecule has 0 radical (unpaired) electrons. The van der Waals surface area contributed by atoms with Crippen LogP contribution in [0, 0.1) is 0 Å². The fourth-order valence-corrected chi connectivity index (χ4v) is 4.64. The number of methoxy groups -OCH3 is 1. The summed E-state index contributed by atoms with van der Waals surface area (Å²) in [6, 6.07) is 1.94. The number of hydrogen-bond acceptors (Lipinski definition) is 7. The molecular formula is C18H19NO6. The number of rotatable bonds is 1. The molecule has 1 aromatic carbocycles. The maximum Gasteiger partial charge on any atom is 0.342 e. The predicted octanol–water partition coefficient (Wildman–Crippen LogP) is 1.05. The van der Waals surface area contributed by atoms with E-state index in [1.54, 1.807) is 0 Å². The van der Waals surface area contributed by atoms with Crippen LogP contribution in [0.4, 0.5) is 0 Å². The molecule has 1 aromatic rings. The highest BCUT2D eigenvalue weighted by Gasteiger charge is 2.51. The van der Waals surface area contributed by atoms with Crippen molar-refractivity contribution in [2.24, 2.45) is 0 Å². The van der Waals surface area contributed by atoms with Gasteiger partial charge in [-0.1, -0.05) is 11.6 Å². The number of aliphatic hydroxyl groups excluding tert-OH is 1. The molecule has 5 rings (SSSR count). The lowest BCUT2D eigenvalue weighted by atomic mass is 9.73. The summed E-state index contributed by atoms with van der Waals surface area (Å²) in [4.78, 5) is 14.9. The fourth-order valence-electron chi connectivity index (χ4n) is 4.64. The average Bonchev–Trinajstić information content (AvgIpc) is 3.20. The first-order chi connectivity index (χ1) is 12.1. The van der Waals surface area contributed by atoms with Crippen LogP contribution in [0.5, 0.6) is 17.2 Å². The Morgan fingerprint density at radius 3 is 3.00 bits per heavy atom. The second-order valence-electron chi connectivity index (χ2n) is 6.91. The Labute approximate surface area is 144 Å². The van der Waals surface area contributed by atoms with Crippen LogP contribution in [-0.2, 0) is 4.74 Å². The molecule has 0 amide bonds. The number of hydrogen-bond donors (Lipinski definition) is 1. The van der Waals surface area contributed by atoms with Crippen molar-refractivity contribution in [1.82, 2.24) is 4.90 Å². The third-order valence-electron chi connectivity index (χ3n) is 5.68. The van der Waals surface area contributed by atoms with Gasteiger partial charge in [0.25, 0.3) is 0 Å². The first-order valence-electron chi connectivity index (χ1n) is 8.40. The van der Waals surface area contributed by atoms with Gasteiger partial charge in [0, 0.05) is 18.5 Å². The quantitative estimate of drug-likeness (QED) is 0.602. The Hall–Kier alpha value is -2.25. The Balaban J connectivity index is 1.75. The van der Waals surface area contributed by atoms with Gasteiger partial charge in [-0.2, -0.15) is 0 Å². The summed E-state index contributed by atoms with van der Waals surface area (Å²) in [6.45, 7) is 1.01. The highest BCUT2D eigenvalue weighted by atomic mass is 16.7. The maximum atomic E-state index is 12.7. The standard InChI is InChI=1S/C18H19NO6/c1-19-4-3-8-5-10(20)15-12(14(8)19)9-6-11-16(24-7-23-11)17(22-2)13(9)18(21)25-15/h5-6,10,12,14-15,20H,3-4,7H2,1-2H3/t10-,12-,14+,15+/m0/s1. The summed E-state index contributed by atoms with van der Waals surface area (Å²) in [5, 5.41) is 10.5. The molecule has 3 aliphatic heterocycles. The van der Waals surface area contributed by atoms with E-state index in [9.17, 15) is 9.90 Å². The number of esters is 1. The summed E-state index contributed by atoms with van der Waals surface area (Å²) in [6.07, 6.45) is 1.33. The van der Waals surface area contributed by atoms with Crippen molar-refractivity contribution in [2.45, 2.75) is 30.6 Å². The molecule has 1 fully saturated rings. The minimum absolute atomic E-state index is 0.0883. The van der Waals surface area contributed by atoms with Crippen LogP contribution in [0.25, 0.3) is 0 Å². The molecule has 7 heteroatoms. The van der Waals surface area contributed by atoms with E-state index in [1.165, 1.54) is 12.7 Å². The molecule has 0 aromatic heterocycles. The molecule has 1 aliphatic carbocycles. The van der Waals surface area contributed by atoms with E-state index in [0.29, 0.717) is 22.8 Å². The molecule has 0 unspecified atom stereocenters. The fraction of sp³-hybridized carbons (Fsp3) is 0.500. The summed E-state index contributed by atoms with van der Waals surface area (Å²) in [5.41, 5.74) is 2.37. The lowest BCUT2D eigenvalue weighted by Crippen LogP contribution is -2.50. The minimum Gasteiger partial charge on any atom is -0.492 e. The van der Waals surface area contributed by atoms with Crippen LogP contribution in [0.2, 0.25) is 0 Å². The number of carbonyl (C=O) groups excluding carboxylic acids is 1. The van der Waals surface area contributed by atoms with Gasteiger partial charge in [0.1, 0.15) is 17.8 Å². The Morgan fingerprint density at radius 2 is 2.20 bits per heavy atom. The van der Waals surface area contributed by atoms with Gasteiger partial charge < -0.3 is 24.1 Å². The monoisotopic (exact) mass is 345 g/mol. The number of benzene rings is 1. The Morgan fingerprint density at radius 1 is 1.36 bits per heavy atom. The molecule has 132 valence electrons. The maximum absolute atomic E-state index is 12.7. The lowest BCUT2D eigenvalue weighted by molar-refractivity contribution is -0.0340. The van der Waals surface area contributed by atoms with E-state index >= 15 is 0 Å². The summed E-state index contributed by atoms with van der Waals surface area (Å²) < 4.78 is 22.1. The molecule has 3 heterocycles. The summed E-state index contributed by atoms with van der Waals surface area (Å²) >= 11 is 0. The highest BCUT2D eigenvalue weighted by molar-refractivity contribution is 5.98. The number of carbonyl (C=O) groups is 1. The minimum atomic E-state index is -0.809. The first kappa shape index (κ1) is 15.0. The van der Waals surface area contributed by atoms with Crippen LogP contribution in [0.1, 0.15) is 28.3 Å².